The van der Waals surface area contributed by atoms with Gasteiger partial charge in [-0.15, -0.1) is 0 Å². The van der Waals surface area contributed by atoms with Gasteiger partial charge in [-0.1, -0.05) is 12.1 Å². The van der Waals surface area contributed by atoms with E-state index in [1.54, 1.807) is 26.4 Å². The van der Waals surface area contributed by atoms with Gasteiger partial charge in [0.2, 0.25) is 0 Å². The van der Waals surface area contributed by atoms with Crippen LogP contribution in [-0.2, 0) is 11.3 Å². The molecular weight excluding hydrogens is 428 g/mol. The second-order valence-electron chi connectivity index (χ2n) is 7.76. The van der Waals surface area contributed by atoms with E-state index in [2.05, 4.69) is 10.2 Å². The van der Waals surface area contributed by atoms with Crippen LogP contribution in [0.5, 0.6) is 11.5 Å². The minimum atomic E-state index is -0.566. The molecule has 0 aliphatic carbocycles. The number of urea groups is 1. The molecule has 2 aliphatic heterocycles. The van der Waals surface area contributed by atoms with Crippen molar-refractivity contribution in [2.75, 3.05) is 32.2 Å². The van der Waals surface area contributed by atoms with Gasteiger partial charge >= 0.3 is 6.03 Å². The first-order valence-corrected chi connectivity index (χ1v) is 10.5. The highest BCUT2D eigenvalue weighted by molar-refractivity contribution is 6.14. The van der Waals surface area contributed by atoms with E-state index in [1.807, 2.05) is 6.07 Å². The van der Waals surface area contributed by atoms with E-state index < -0.39 is 16.9 Å². The lowest BCUT2D eigenvalue weighted by Crippen LogP contribution is -2.30. The number of non-ortho nitro benzene ring substituents is 1. The molecule has 2 aliphatic rings. The fourth-order valence-corrected chi connectivity index (χ4v) is 4.00. The molecule has 3 amide bonds. The lowest BCUT2D eigenvalue weighted by molar-refractivity contribution is -0.384. The molecule has 2 fully saturated rings. The van der Waals surface area contributed by atoms with E-state index in [1.165, 1.54) is 24.3 Å². The number of amides is 3. The number of carbonyl (C=O) groups is 2. The van der Waals surface area contributed by atoms with Crippen LogP contribution in [0, 0.1) is 10.1 Å². The summed E-state index contributed by atoms with van der Waals surface area (Å²) < 4.78 is 11.1. The number of carbonyl (C=O) groups excluding carboxylic acids is 2. The first kappa shape index (κ1) is 22.1. The van der Waals surface area contributed by atoms with Gasteiger partial charge in [-0.3, -0.25) is 19.8 Å². The number of ether oxygens (including phenoxy) is 2. The van der Waals surface area contributed by atoms with Crippen LogP contribution in [0.15, 0.2) is 42.1 Å². The largest absolute Gasteiger partial charge is 0.496 e. The first-order chi connectivity index (χ1) is 15.9. The van der Waals surface area contributed by atoms with Gasteiger partial charge in [0.1, 0.15) is 17.2 Å². The number of rotatable bonds is 7. The Labute approximate surface area is 190 Å². The normalized spacial score (nSPS) is 17.0. The van der Waals surface area contributed by atoms with E-state index >= 15 is 0 Å². The van der Waals surface area contributed by atoms with Crippen molar-refractivity contribution in [1.82, 2.24) is 10.2 Å². The number of nitro groups is 1. The lowest BCUT2D eigenvalue weighted by Gasteiger charge is -2.22. The van der Waals surface area contributed by atoms with Crippen molar-refractivity contribution in [3.8, 4) is 11.5 Å². The fraction of sp³-hybridized carbons (Fsp3) is 0.304. The molecule has 4 rings (SSSR count). The summed E-state index contributed by atoms with van der Waals surface area (Å²) >= 11 is 0. The molecule has 10 heteroatoms. The van der Waals surface area contributed by atoms with Crippen LogP contribution in [-0.4, -0.2) is 49.1 Å². The number of nitrogens with one attached hydrogen (secondary N) is 1. The summed E-state index contributed by atoms with van der Waals surface area (Å²) in [5, 5.41) is 13.4. The van der Waals surface area contributed by atoms with Crippen molar-refractivity contribution in [1.29, 1.82) is 0 Å². The van der Waals surface area contributed by atoms with Crippen molar-refractivity contribution in [2.45, 2.75) is 19.4 Å². The molecule has 0 aromatic heterocycles. The van der Waals surface area contributed by atoms with Crippen LogP contribution >= 0.6 is 0 Å². The SMILES string of the molecule is COc1cc(N2CCCC2)c(OC)cc1/C=C1\NC(=O)N(Cc2ccc([N+](=O)[O-])cc2)C1=O. The Morgan fingerprint density at radius 3 is 2.33 bits per heavy atom. The molecule has 172 valence electrons. The molecule has 2 heterocycles. The second kappa shape index (κ2) is 9.19. The number of methoxy groups -OCH3 is 2. The van der Waals surface area contributed by atoms with Crippen molar-refractivity contribution in [3.05, 3.63) is 63.3 Å². The van der Waals surface area contributed by atoms with E-state index in [0.29, 0.717) is 22.6 Å². The zero-order valence-electron chi connectivity index (χ0n) is 18.4. The number of imide groups is 1. The summed E-state index contributed by atoms with van der Waals surface area (Å²) in [7, 11) is 3.14. The number of nitrogens with zero attached hydrogens (tertiary/aromatic N) is 3. The maximum Gasteiger partial charge on any atom is 0.329 e. The Hall–Kier alpha value is -4.08. The predicted molar refractivity (Wildman–Crippen MR) is 121 cm³/mol. The van der Waals surface area contributed by atoms with Gasteiger partial charge in [0.15, 0.2) is 0 Å². The number of hydrogen-bond donors (Lipinski definition) is 1. The summed E-state index contributed by atoms with van der Waals surface area (Å²) in [6, 6.07) is 8.82. The van der Waals surface area contributed by atoms with Gasteiger partial charge < -0.3 is 19.7 Å². The molecule has 2 aromatic rings. The molecule has 2 aromatic carbocycles. The summed E-state index contributed by atoms with van der Waals surface area (Å²) in [6.07, 6.45) is 3.79. The predicted octanol–water partition coefficient (Wildman–Crippen LogP) is 3.31. The van der Waals surface area contributed by atoms with Gasteiger partial charge in [0.25, 0.3) is 11.6 Å². The first-order valence-electron chi connectivity index (χ1n) is 10.5. The maximum absolute atomic E-state index is 12.9. The van der Waals surface area contributed by atoms with E-state index in [0.717, 1.165) is 36.5 Å². The second-order valence-corrected chi connectivity index (χ2v) is 7.76. The van der Waals surface area contributed by atoms with E-state index in [9.17, 15) is 19.7 Å². The molecular formula is C23H24N4O6. The standard InChI is InChI=1S/C23H24N4O6/c1-32-20-13-19(25-9-3-4-10-25)21(33-2)12-16(20)11-18-22(28)26(23(29)24-18)14-15-5-7-17(8-6-15)27(30)31/h5-8,11-13H,3-4,9-10,14H2,1-2H3,(H,24,29)/b18-11-. The summed E-state index contributed by atoms with van der Waals surface area (Å²) in [5.74, 6) is 0.716. The van der Waals surface area contributed by atoms with Crippen molar-refractivity contribution < 1.29 is 24.0 Å². The zero-order chi connectivity index (χ0) is 23.5. The molecule has 0 unspecified atom stereocenters. The Morgan fingerprint density at radius 1 is 1.06 bits per heavy atom. The summed E-state index contributed by atoms with van der Waals surface area (Å²) in [6.45, 7) is 1.87. The van der Waals surface area contributed by atoms with Crippen LogP contribution in [0.25, 0.3) is 6.08 Å². The Kier molecular flexibility index (Phi) is 6.16. The van der Waals surface area contributed by atoms with Crippen LogP contribution in [0.4, 0.5) is 16.2 Å². The number of anilines is 1. The molecule has 1 N–H and O–H groups in total. The monoisotopic (exact) mass is 452 g/mol. The summed E-state index contributed by atoms with van der Waals surface area (Å²) in [4.78, 5) is 39.0. The number of hydrogen-bond acceptors (Lipinski definition) is 7. The quantitative estimate of drug-likeness (QED) is 0.297. The van der Waals surface area contributed by atoms with Gasteiger partial charge in [0.05, 0.1) is 31.4 Å². The Balaban J connectivity index is 1.59. The number of nitro benzene ring substituents is 1. The molecule has 33 heavy (non-hydrogen) atoms. The highest BCUT2D eigenvalue weighted by Crippen LogP contribution is 2.38. The van der Waals surface area contributed by atoms with Crippen LogP contribution in [0.1, 0.15) is 24.0 Å². The molecule has 2 saturated heterocycles. The molecule has 0 bridgehead atoms. The number of benzene rings is 2. The van der Waals surface area contributed by atoms with E-state index in [4.69, 9.17) is 9.47 Å². The third kappa shape index (κ3) is 4.45. The highest BCUT2D eigenvalue weighted by Gasteiger charge is 2.34. The molecule has 0 spiro atoms. The van der Waals surface area contributed by atoms with Gasteiger partial charge in [-0.2, -0.15) is 0 Å². The van der Waals surface area contributed by atoms with Crippen LogP contribution in [0.2, 0.25) is 0 Å². The molecule has 0 radical (unpaired) electrons. The minimum absolute atomic E-state index is 0.00560. The van der Waals surface area contributed by atoms with Crippen LogP contribution < -0.4 is 19.7 Å². The van der Waals surface area contributed by atoms with Crippen molar-refractivity contribution in [2.24, 2.45) is 0 Å². The molecule has 0 atom stereocenters. The highest BCUT2D eigenvalue weighted by atomic mass is 16.6. The van der Waals surface area contributed by atoms with Crippen molar-refractivity contribution >= 4 is 29.4 Å². The van der Waals surface area contributed by atoms with E-state index in [-0.39, 0.29) is 17.9 Å². The topological polar surface area (TPSA) is 114 Å². The Morgan fingerprint density at radius 2 is 1.73 bits per heavy atom. The average Bonchev–Trinajstić information content (AvgIpc) is 3.44. The summed E-state index contributed by atoms with van der Waals surface area (Å²) in [5.41, 5.74) is 2.17. The third-order valence-corrected chi connectivity index (χ3v) is 5.73. The average molecular weight is 452 g/mol. The van der Waals surface area contributed by atoms with Gasteiger partial charge in [-0.05, 0) is 30.5 Å². The van der Waals surface area contributed by atoms with Crippen molar-refractivity contribution in [3.63, 3.8) is 0 Å². The van der Waals surface area contributed by atoms with Gasteiger partial charge in [0, 0.05) is 36.9 Å². The third-order valence-electron chi connectivity index (χ3n) is 5.73. The zero-order valence-corrected chi connectivity index (χ0v) is 18.4. The minimum Gasteiger partial charge on any atom is -0.496 e. The fourth-order valence-electron chi connectivity index (χ4n) is 4.00. The molecule has 0 saturated carbocycles. The van der Waals surface area contributed by atoms with Crippen LogP contribution in [0.3, 0.4) is 0 Å². The lowest BCUT2D eigenvalue weighted by atomic mass is 10.1. The maximum atomic E-state index is 12.9. The van der Waals surface area contributed by atoms with Gasteiger partial charge in [-0.25, -0.2) is 4.79 Å². The smallest absolute Gasteiger partial charge is 0.329 e. The Bertz CT molecular complexity index is 1120. The molecule has 10 nitrogen and oxygen atoms in total.